The monoisotopic (exact) mass is 302 g/mol. The first kappa shape index (κ1) is 13.0. The Morgan fingerprint density at radius 1 is 1.00 bits per heavy atom. The van der Waals surface area contributed by atoms with Gasteiger partial charge in [0.1, 0.15) is 0 Å². The second-order valence-corrected chi connectivity index (χ2v) is 5.52. The molecule has 2 aromatic rings. The zero-order chi connectivity index (χ0) is 13.1. The molecule has 0 aliphatic carbocycles. The predicted octanol–water partition coefficient (Wildman–Crippen LogP) is 4.49. The van der Waals surface area contributed by atoms with Gasteiger partial charge in [-0.3, -0.25) is 4.79 Å². The smallest absolute Gasteiger partial charge is 0.167 e. The lowest BCUT2D eigenvalue weighted by atomic mass is 9.99. The molecule has 0 spiro atoms. The lowest BCUT2D eigenvalue weighted by Gasteiger charge is -2.05. The van der Waals surface area contributed by atoms with Gasteiger partial charge < -0.3 is 0 Å². The predicted molar refractivity (Wildman–Crippen MR) is 78.1 cm³/mol. The average Bonchev–Trinajstić information content (AvgIpc) is 2.31. The highest BCUT2D eigenvalue weighted by Gasteiger charge is 2.08. The van der Waals surface area contributed by atoms with Crippen LogP contribution in [0.3, 0.4) is 0 Å². The van der Waals surface area contributed by atoms with E-state index in [1.807, 2.05) is 50.2 Å². The van der Waals surface area contributed by atoms with E-state index in [2.05, 4.69) is 22.0 Å². The van der Waals surface area contributed by atoms with Crippen molar-refractivity contribution in [1.82, 2.24) is 0 Å². The summed E-state index contributed by atoms with van der Waals surface area (Å²) in [6.45, 7) is 4.03. The van der Waals surface area contributed by atoms with Crippen LogP contribution in [0.2, 0.25) is 0 Å². The van der Waals surface area contributed by atoms with Gasteiger partial charge in [0.05, 0.1) is 0 Å². The maximum absolute atomic E-state index is 12.2. The third-order valence-corrected chi connectivity index (χ3v) is 3.35. The van der Waals surface area contributed by atoms with Crippen molar-refractivity contribution in [2.24, 2.45) is 0 Å². The van der Waals surface area contributed by atoms with Crippen LogP contribution in [0, 0.1) is 13.8 Å². The quantitative estimate of drug-likeness (QED) is 0.763. The Labute approximate surface area is 116 Å². The van der Waals surface area contributed by atoms with Gasteiger partial charge in [-0.05, 0) is 43.7 Å². The van der Waals surface area contributed by atoms with Gasteiger partial charge in [0.2, 0.25) is 0 Å². The number of carbonyl (C=O) groups is 1. The highest BCUT2D eigenvalue weighted by molar-refractivity contribution is 9.10. The van der Waals surface area contributed by atoms with Gasteiger partial charge in [0.25, 0.3) is 0 Å². The van der Waals surface area contributed by atoms with Crippen molar-refractivity contribution in [1.29, 1.82) is 0 Å². The van der Waals surface area contributed by atoms with Crippen LogP contribution in [0.4, 0.5) is 0 Å². The van der Waals surface area contributed by atoms with E-state index in [0.717, 1.165) is 26.7 Å². The molecule has 1 nitrogen and oxygen atoms in total. The van der Waals surface area contributed by atoms with Gasteiger partial charge in [0, 0.05) is 16.5 Å². The van der Waals surface area contributed by atoms with Crippen LogP contribution < -0.4 is 0 Å². The number of rotatable bonds is 3. The van der Waals surface area contributed by atoms with Crippen LogP contribution in [-0.2, 0) is 6.42 Å². The first-order valence-corrected chi connectivity index (χ1v) is 6.70. The third-order valence-electron chi connectivity index (χ3n) is 2.82. The fraction of sp³-hybridized carbons (Fsp3) is 0.188. The van der Waals surface area contributed by atoms with Crippen LogP contribution >= 0.6 is 15.9 Å². The molecular weight excluding hydrogens is 288 g/mol. The van der Waals surface area contributed by atoms with Gasteiger partial charge in [-0.15, -0.1) is 0 Å². The van der Waals surface area contributed by atoms with E-state index < -0.39 is 0 Å². The van der Waals surface area contributed by atoms with Gasteiger partial charge in [-0.2, -0.15) is 0 Å². The molecule has 0 saturated heterocycles. The summed E-state index contributed by atoms with van der Waals surface area (Å²) in [7, 11) is 0. The van der Waals surface area contributed by atoms with Gasteiger partial charge in [0.15, 0.2) is 5.78 Å². The minimum atomic E-state index is 0.170. The van der Waals surface area contributed by atoms with Crippen molar-refractivity contribution in [3.63, 3.8) is 0 Å². The normalized spacial score (nSPS) is 10.4. The largest absolute Gasteiger partial charge is 0.294 e. The van der Waals surface area contributed by atoms with Gasteiger partial charge >= 0.3 is 0 Å². The number of halogens is 1. The molecule has 0 bridgehead atoms. The minimum Gasteiger partial charge on any atom is -0.294 e. The standard InChI is InChI=1S/C16H15BrO/c1-11-7-12(2)9-14(8-11)16(18)10-13-3-5-15(17)6-4-13/h3-9H,10H2,1-2H3. The SMILES string of the molecule is Cc1cc(C)cc(C(=O)Cc2ccc(Br)cc2)c1. The highest BCUT2D eigenvalue weighted by atomic mass is 79.9. The second-order valence-electron chi connectivity index (χ2n) is 4.60. The van der Waals surface area contributed by atoms with E-state index in [1.165, 1.54) is 0 Å². The number of ketones is 1. The summed E-state index contributed by atoms with van der Waals surface area (Å²) in [5.41, 5.74) is 4.11. The molecule has 18 heavy (non-hydrogen) atoms. The summed E-state index contributed by atoms with van der Waals surface area (Å²) in [6, 6.07) is 13.9. The van der Waals surface area contributed by atoms with Crippen LogP contribution in [0.5, 0.6) is 0 Å². The van der Waals surface area contributed by atoms with Crippen LogP contribution in [0.1, 0.15) is 27.0 Å². The topological polar surface area (TPSA) is 17.1 Å². The lowest BCUT2D eigenvalue weighted by molar-refractivity contribution is 0.0993. The first-order chi connectivity index (χ1) is 8.54. The van der Waals surface area contributed by atoms with Crippen molar-refractivity contribution >= 4 is 21.7 Å². The maximum Gasteiger partial charge on any atom is 0.167 e. The fourth-order valence-corrected chi connectivity index (χ4v) is 2.29. The Morgan fingerprint density at radius 2 is 1.56 bits per heavy atom. The Bertz CT molecular complexity index is 550. The average molecular weight is 303 g/mol. The number of hydrogen-bond acceptors (Lipinski definition) is 1. The molecule has 0 saturated carbocycles. The van der Waals surface area contributed by atoms with Crippen LogP contribution in [-0.4, -0.2) is 5.78 Å². The molecule has 0 aromatic heterocycles. The third kappa shape index (κ3) is 3.30. The van der Waals surface area contributed by atoms with E-state index in [0.29, 0.717) is 6.42 Å². The van der Waals surface area contributed by atoms with Gasteiger partial charge in [-0.25, -0.2) is 0 Å². The lowest BCUT2D eigenvalue weighted by Crippen LogP contribution is -2.04. The van der Waals surface area contributed by atoms with Gasteiger partial charge in [-0.1, -0.05) is 45.3 Å². The Hall–Kier alpha value is -1.41. The van der Waals surface area contributed by atoms with Crippen LogP contribution in [0.25, 0.3) is 0 Å². The molecule has 0 N–H and O–H groups in total. The Morgan fingerprint density at radius 3 is 2.11 bits per heavy atom. The van der Waals surface area contributed by atoms with E-state index in [9.17, 15) is 4.79 Å². The van der Waals surface area contributed by atoms with Crippen molar-refractivity contribution in [2.75, 3.05) is 0 Å². The summed E-state index contributed by atoms with van der Waals surface area (Å²) in [5, 5.41) is 0. The molecule has 2 aromatic carbocycles. The zero-order valence-corrected chi connectivity index (χ0v) is 12.1. The van der Waals surface area contributed by atoms with E-state index in [-0.39, 0.29) is 5.78 Å². The molecule has 0 amide bonds. The number of aryl methyl sites for hydroxylation is 2. The fourth-order valence-electron chi connectivity index (χ4n) is 2.03. The molecule has 92 valence electrons. The number of carbonyl (C=O) groups excluding carboxylic acids is 1. The molecule has 0 aliphatic heterocycles. The highest BCUT2D eigenvalue weighted by Crippen LogP contribution is 2.15. The first-order valence-electron chi connectivity index (χ1n) is 5.90. The molecule has 2 heteroatoms. The molecule has 0 atom stereocenters. The van der Waals surface area contributed by atoms with E-state index >= 15 is 0 Å². The molecule has 0 unspecified atom stereocenters. The number of hydrogen-bond donors (Lipinski definition) is 0. The molecule has 0 fully saturated rings. The number of benzene rings is 2. The van der Waals surface area contributed by atoms with Crippen molar-refractivity contribution < 1.29 is 4.79 Å². The summed E-state index contributed by atoms with van der Waals surface area (Å²) in [6.07, 6.45) is 0.455. The molecular formula is C16H15BrO. The zero-order valence-electron chi connectivity index (χ0n) is 10.5. The van der Waals surface area contributed by atoms with E-state index in [1.54, 1.807) is 0 Å². The molecule has 0 heterocycles. The second kappa shape index (κ2) is 5.49. The van der Waals surface area contributed by atoms with Crippen molar-refractivity contribution in [2.45, 2.75) is 20.3 Å². The Kier molecular flexibility index (Phi) is 3.97. The van der Waals surface area contributed by atoms with Crippen LogP contribution in [0.15, 0.2) is 46.9 Å². The number of Topliss-reactive ketones (excluding diaryl/α,β-unsaturated/α-hetero) is 1. The summed E-state index contributed by atoms with van der Waals surface area (Å²) < 4.78 is 1.03. The van der Waals surface area contributed by atoms with Crippen molar-refractivity contribution in [3.8, 4) is 0 Å². The molecule has 0 aliphatic rings. The summed E-state index contributed by atoms with van der Waals surface area (Å²) >= 11 is 3.39. The minimum absolute atomic E-state index is 0.170. The Balaban J connectivity index is 2.19. The summed E-state index contributed by atoms with van der Waals surface area (Å²) in [4.78, 5) is 12.2. The van der Waals surface area contributed by atoms with Crippen molar-refractivity contribution in [3.05, 3.63) is 69.2 Å². The van der Waals surface area contributed by atoms with E-state index in [4.69, 9.17) is 0 Å². The summed E-state index contributed by atoms with van der Waals surface area (Å²) in [5.74, 6) is 0.170. The molecule has 2 rings (SSSR count). The maximum atomic E-state index is 12.2. The molecule has 0 radical (unpaired) electrons.